The highest BCUT2D eigenvalue weighted by Crippen LogP contribution is 2.12. The van der Waals surface area contributed by atoms with E-state index in [0.29, 0.717) is 12.8 Å². The Morgan fingerprint density at radius 3 is 1.38 bits per heavy atom. The van der Waals surface area contributed by atoms with Crippen LogP contribution in [0.2, 0.25) is 0 Å². The van der Waals surface area contributed by atoms with Crippen LogP contribution in [0.1, 0.15) is 187 Å². The molecule has 1 atom stereocenters. The molecule has 0 aliphatic rings. The summed E-state index contributed by atoms with van der Waals surface area (Å²) in [4.78, 5) is 24.2. The van der Waals surface area contributed by atoms with E-state index in [2.05, 4.69) is 50.3 Å². The highest BCUT2D eigenvalue weighted by Gasteiger charge is 2.16. The first-order chi connectivity index (χ1) is 22.1. The van der Waals surface area contributed by atoms with Crippen molar-refractivity contribution in [3.05, 3.63) is 36.5 Å². The summed E-state index contributed by atoms with van der Waals surface area (Å²) < 4.78 is 10.6. The van der Waals surface area contributed by atoms with Gasteiger partial charge in [0.15, 0.2) is 6.10 Å². The Labute approximate surface area is 278 Å². The van der Waals surface area contributed by atoms with Gasteiger partial charge in [-0.2, -0.15) is 0 Å². The molecular weight excluding hydrogens is 560 g/mol. The summed E-state index contributed by atoms with van der Waals surface area (Å²) >= 11 is 0. The summed E-state index contributed by atoms with van der Waals surface area (Å²) in [5, 5.41) is 9.54. The molecule has 0 spiro atoms. The van der Waals surface area contributed by atoms with Gasteiger partial charge in [-0.15, -0.1) is 0 Å². The van der Waals surface area contributed by atoms with Gasteiger partial charge in [0.05, 0.1) is 6.61 Å². The Balaban J connectivity index is 3.59. The Morgan fingerprint density at radius 2 is 0.889 bits per heavy atom. The van der Waals surface area contributed by atoms with Crippen LogP contribution < -0.4 is 0 Å². The standard InChI is InChI=1S/C40H72O5/c1-3-5-7-9-11-13-15-17-19-20-21-23-25-27-29-31-33-35-40(43)45-38(36-41)37-44-39(42)34-32-30-28-26-24-22-18-16-14-12-10-8-6-4-2/h11,13,16-19,38,41H,3-10,12,14-15,20-37H2,1-2H3/b13-11-,18-16-,19-17-/t38-/m0/s1. The van der Waals surface area contributed by atoms with Crippen LogP contribution in [0, 0.1) is 0 Å². The lowest BCUT2D eigenvalue weighted by molar-refractivity contribution is -0.161. The number of hydrogen-bond acceptors (Lipinski definition) is 5. The van der Waals surface area contributed by atoms with Gasteiger partial charge in [0.25, 0.3) is 0 Å². The first-order valence-electron chi connectivity index (χ1n) is 19.0. The summed E-state index contributed by atoms with van der Waals surface area (Å²) in [6, 6.07) is 0. The van der Waals surface area contributed by atoms with Crippen molar-refractivity contribution in [2.24, 2.45) is 0 Å². The number of carbonyl (C=O) groups excluding carboxylic acids is 2. The minimum atomic E-state index is -0.776. The lowest BCUT2D eigenvalue weighted by Gasteiger charge is -2.15. The van der Waals surface area contributed by atoms with Crippen LogP contribution in [-0.2, 0) is 19.1 Å². The molecule has 0 unspecified atom stereocenters. The molecule has 0 radical (unpaired) electrons. The predicted molar refractivity (Wildman–Crippen MR) is 191 cm³/mol. The van der Waals surface area contributed by atoms with Crippen molar-refractivity contribution in [1.82, 2.24) is 0 Å². The van der Waals surface area contributed by atoms with Crippen molar-refractivity contribution >= 4 is 11.9 Å². The number of allylic oxidation sites excluding steroid dienone is 6. The SMILES string of the molecule is CCCCC/C=C\C/C=C\CCCCCCCCCC(=O)O[C@@H](CO)COC(=O)CCCCCCC/C=C\CCCCCCC. The number of carbonyl (C=O) groups is 2. The fraction of sp³-hybridized carbons (Fsp3) is 0.800. The monoisotopic (exact) mass is 633 g/mol. The molecule has 0 aromatic heterocycles. The van der Waals surface area contributed by atoms with Gasteiger partial charge in [-0.25, -0.2) is 0 Å². The Hall–Kier alpha value is -1.88. The van der Waals surface area contributed by atoms with Gasteiger partial charge in [-0.3, -0.25) is 9.59 Å². The van der Waals surface area contributed by atoms with Crippen molar-refractivity contribution in [3.63, 3.8) is 0 Å². The summed E-state index contributed by atoms with van der Waals surface area (Å²) in [6.07, 6.45) is 43.4. The van der Waals surface area contributed by atoms with E-state index >= 15 is 0 Å². The number of unbranched alkanes of at least 4 members (excludes halogenated alkanes) is 20. The second kappa shape index (κ2) is 36.6. The predicted octanol–water partition coefficient (Wildman–Crippen LogP) is 11.7. The van der Waals surface area contributed by atoms with E-state index in [-0.39, 0.29) is 25.2 Å². The minimum absolute atomic E-state index is 0.0725. The molecule has 1 N–H and O–H groups in total. The average molecular weight is 633 g/mol. The molecule has 0 aromatic carbocycles. The maximum atomic E-state index is 12.1. The minimum Gasteiger partial charge on any atom is -0.462 e. The van der Waals surface area contributed by atoms with Crippen LogP contribution in [0.5, 0.6) is 0 Å². The van der Waals surface area contributed by atoms with Crippen molar-refractivity contribution in [2.75, 3.05) is 13.2 Å². The van der Waals surface area contributed by atoms with Gasteiger partial charge in [-0.05, 0) is 70.6 Å². The first-order valence-corrected chi connectivity index (χ1v) is 19.0. The molecule has 0 aromatic rings. The maximum absolute atomic E-state index is 12.1. The maximum Gasteiger partial charge on any atom is 0.306 e. The number of hydrogen-bond donors (Lipinski definition) is 1. The molecule has 45 heavy (non-hydrogen) atoms. The zero-order valence-corrected chi connectivity index (χ0v) is 29.6. The van der Waals surface area contributed by atoms with E-state index in [0.717, 1.165) is 57.8 Å². The largest absolute Gasteiger partial charge is 0.462 e. The Bertz CT molecular complexity index is 726. The normalized spacial score (nSPS) is 12.5. The molecule has 0 saturated heterocycles. The van der Waals surface area contributed by atoms with Crippen LogP contribution in [0.25, 0.3) is 0 Å². The van der Waals surface area contributed by atoms with E-state index in [1.54, 1.807) is 0 Å². The number of ether oxygens (including phenoxy) is 2. The third-order valence-electron chi connectivity index (χ3n) is 8.16. The van der Waals surface area contributed by atoms with E-state index < -0.39 is 6.10 Å². The molecule has 0 aliphatic carbocycles. The molecule has 0 saturated carbocycles. The van der Waals surface area contributed by atoms with Crippen LogP contribution in [-0.4, -0.2) is 36.4 Å². The lowest BCUT2D eigenvalue weighted by Crippen LogP contribution is -2.28. The van der Waals surface area contributed by atoms with Gasteiger partial charge in [0.1, 0.15) is 6.61 Å². The molecular formula is C40H72O5. The summed E-state index contributed by atoms with van der Waals surface area (Å²) in [7, 11) is 0. The lowest BCUT2D eigenvalue weighted by atomic mass is 10.1. The molecule has 0 heterocycles. The second-order valence-electron chi connectivity index (χ2n) is 12.6. The number of esters is 2. The number of aliphatic hydroxyl groups is 1. The third kappa shape index (κ3) is 34.8. The first kappa shape index (κ1) is 43.1. The van der Waals surface area contributed by atoms with Crippen LogP contribution >= 0.6 is 0 Å². The topological polar surface area (TPSA) is 72.8 Å². The van der Waals surface area contributed by atoms with Crippen molar-refractivity contribution in [1.29, 1.82) is 0 Å². The van der Waals surface area contributed by atoms with Gasteiger partial charge in [0, 0.05) is 12.8 Å². The zero-order valence-electron chi connectivity index (χ0n) is 29.6. The van der Waals surface area contributed by atoms with Gasteiger partial charge >= 0.3 is 11.9 Å². The molecule has 262 valence electrons. The van der Waals surface area contributed by atoms with E-state index in [1.807, 2.05) is 0 Å². The van der Waals surface area contributed by atoms with E-state index in [4.69, 9.17) is 9.47 Å². The third-order valence-corrected chi connectivity index (χ3v) is 8.16. The van der Waals surface area contributed by atoms with Gasteiger partial charge < -0.3 is 14.6 Å². The quantitative estimate of drug-likeness (QED) is 0.0434. The highest BCUT2D eigenvalue weighted by molar-refractivity contribution is 5.70. The van der Waals surface area contributed by atoms with Crippen molar-refractivity contribution < 1.29 is 24.2 Å². The summed E-state index contributed by atoms with van der Waals surface area (Å²) in [5.74, 6) is -0.609. The molecule has 0 rings (SSSR count). The summed E-state index contributed by atoms with van der Waals surface area (Å²) in [6.45, 7) is 4.08. The molecule has 0 fully saturated rings. The molecule has 0 bridgehead atoms. The van der Waals surface area contributed by atoms with E-state index in [1.165, 1.54) is 103 Å². The Kier molecular flexibility index (Phi) is 35.1. The van der Waals surface area contributed by atoms with E-state index in [9.17, 15) is 14.7 Å². The second-order valence-corrected chi connectivity index (χ2v) is 12.6. The number of rotatable bonds is 34. The fourth-order valence-electron chi connectivity index (χ4n) is 5.22. The molecule has 0 amide bonds. The van der Waals surface area contributed by atoms with Crippen LogP contribution in [0.4, 0.5) is 0 Å². The number of aliphatic hydroxyl groups excluding tert-OH is 1. The smallest absolute Gasteiger partial charge is 0.306 e. The average Bonchev–Trinajstić information content (AvgIpc) is 3.04. The summed E-state index contributed by atoms with van der Waals surface area (Å²) in [5.41, 5.74) is 0. The molecule has 5 nitrogen and oxygen atoms in total. The van der Waals surface area contributed by atoms with Gasteiger partial charge in [0.2, 0.25) is 0 Å². The van der Waals surface area contributed by atoms with Crippen molar-refractivity contribution in [3.8, 4) is 0 Å². The molecule has 5 heteroatoms. The van der Waals surface area contributed by atoms with Crippen LogP contribution in [0.15, 0.2) is 36.5 Å². The van der Waals surface area contributed by atoms with Gasteiger partial charge in [-0.1, -0.05) is 140 Å². The van der Waals surface area contributed by atoms with Crippen LogP contribution in [0.3, 0.4) is 0 Å². The zero-order chi connectivity index (χ0) is 32.9. The molecule has 0 aliphatic heterocycles. The fourth-order valence-corrected chi connectivity index (χ4v) is 5.22. The van der Waals surface area contributed by atoms with Crippen molar-refractivity contribution in [2.45, 2.75) is 193 Å². The Morgan fingerprint density at radius 1 is 0.511 bits per heavy atom. The highest BCUT2D eigenvalue weighted by atomic mass is 16.6.